The average molecular weight is 330 g/mol. The normalized spacial score (nSPS) is 24.3. The Balaban J connectivity index is 1.73. The van der Waals surface area contributed by atoms with Gasteiger partial charge >= 0.3 is 0 Å². The molecule has 3 rings (SSSR count). The zero-order valence-corrected chi connectivity index (χ0v) is 13.9. The average Bonchev–Trinajstić information content (AvgIpc) is 3.20. The molecular weight excluding hydrogens is 308 g/mol. The van der Waals surface area contributed by atoms with E-state index in [0.29, 0.717) is 30.0 Å². The standard InChI is InChI=1S/C14H22N2O3S2/c1-2-12-10-19-8-7-16(12)21(17,18)14-6-5-13(20-14)9-15-11-3-4-11/h5-6,11-12,15H,2-4,7-10H2,1H3. The van der Waals surface area contributed by atoms with Gasteiger partial charge in [0.15, 0.2) is 0 Å². The number of thiophene rings is 1. The monoisotopic (exact) mass is 330 g/mol. The molecule has 0 radical (unpaired) electrons. The van der Waals surface area contributed by atoms with Crippen LogP contribution in [0, 0.1) is 0 Å². The number of morpholine rings is 1. The van der Waals surface area contributed by atoms with Crippen LogP contribution in [0.3, 0.4) is 0 Å². The largest absolute Gasteiger partial charge is 0.378 e. The number of nitrogens with zero attached hydrogens (tertiary/aromatic N) is 1. The summed E-state index contributed by atoms with van der Waals surface area (Å²) in [7, 11) is -3.38. The second-order valence-corrected chi connectivity index (χ2v) is 8.91. The number of hydrogen-bond acceptors (Lipinski definition) is 5. The number of rotatable bonds is 6. The third-order valence-corrected chi connectivity index (χ3v) is 7.49. The van der Waals surface area contributed by atoms with Crippen molar-refractivity contribution in [1.82, 2.24) is 9.62 Å². The van der Waals surface area contributed by atoms with E-state index in [4.69, 9.17) is 4.74 Å². The van der Waals surface area contributed by atoms with Gasteiger partial charge in [-0.05, 0) is 31.4 Å². The van der Waals surface area contributed by atoms with Crippen LogP contribution in [-0.2, 0) is 21.3 Å². The van der Waals surface area contributed by atoms with Crippen LogP contribution in [0.4, 0.5) is 0 Å². The molecule has 1 N–H and O–H groups in total. The van der Waals surface area contributed by atoms with Gasteiger partial charge in [0.1, 0.15) is 4.21 Å². The van der Waals surface area contributed by atoms with Gasteiger partial charge in [0.25, 0.3) is 10.0 Å². The lowest BCUT2D eigenvalue weighted by Crippen LogP contribution is -2.48. The molecule has 0 spiro atoms. The quantitative estimate of drug-likeness (QED) is 0.864. The van der Waals surface area contributed by atoms with Crippen molar-refractivity contribution in [2.45, 2.75) is 49.0 Å². The van der Waals surface area contributed by atoms with Crippen molar-refractivity contribution in [2.75, 3.05) is 19.8 Å². The summed E-state index contributed by atoms with van der Waals surface area (Å²) in [5, 5.41) is 3.42. The summed E-state index contributed by atoms with van der Waals surface area (Å²) in [6.45, 7) is 4.20. The minimum absolute atomic E-state index is 0.0427. The number of hydrogen-bond donors (Lipinski definition) is 1. The minimum atomic E-state index is -3.38. The molecule has 1 unspecified atom stereocenters. The van der Waals surface area contributed by atoms with Gasteiger partial charge in [-0.2, -0.15) is 4.31 Å². The highest BCUT2D eigenvalue weighted by Crippen LogP contribution is 2.28. The Morgan fingerprint density at radius 1 is 1.43 bits per heavy atom. The Kier molecular flexibility index (Phi) is 4.66. The topological polar surface area (TPSA) is 58.6 Å². The van der Waals surface area contributed by atoms with Crippen molar-refractivity contribution in [3.63, 3.8) is 0 Å². The summed E-state index contributed by atoms with van der Waals surface area (Å²) in [5.74, 6) is 0. The van der Waals surface area contributed by atoms with Crippen LogP contribution in [0.15, 0.2) is 16.3 Å². The van der Waals surface area contributed by atoms with E-state index in [9.17, 15) is 8.42 Å². The minimum Gasteiger partial charge on any atom is -0.378 e. The molecule has 0 aromatic carbocycles. The van der Waals surface area contributed by atoms with Gasteiger partial charge in [0.05, 0.1) is 13.2 Å². The van der Waals surface area contributed by atoms with Crippen LogP contribution in [0.5, 0.6) is 0 Å². The summed E-state index contributed by atoms with van der Waals surface area (Å²) in [4.78, 5) is 1.08. The van der Waals surface area contributed by atoms with Crippen LogP contribution >= 0.6 is 11.3 Å². The Morgan fingerprint density at radius 3 is 2.95 bits per heavy atom. The molecule has 2 aliphatic rings. The molecular formula is C14H22N2O3S2. The van der Waals surface area contributed by atoms with E-state index in [2.05, 4.69) is 5.32 Å². The van der Waals surface area contributed by atoms with Gasteiger partial charge in [-0.15, -0.1) is 11.3 Å². The molecule has 0 amide bonds. The molecule has 2 fully saturated rings. The van der Waals surface area contributed by atoms with Crippen molar-refractivity contribution < 1.29 is 13.2 Å². The molecule has 1 saturated carbocycles. The molecule has 1 saturated heterocycles. The van der Waals surface area contributed by atoms with Gasteiger partial charge in [0.2, 0.25) is 0 Å². The fourth-order valence-electron chi connectivity index (χ4n) is 2.52. The van der Waals surface area contributed by atoms with Crippen LogP contribution in [0.1, 0.15) is 31.1 Å². The Labute approximate surface area is 130 Å². The van der Waals surface area contributed by atoms with Gasteiger partial charge < -0.3 is 10.1 Å². The SMILES string of the molecule is CCC1COCCN1S(=O)(=O)c1ccc(CNC2CC2)s1. The molecule has 1 aliphatic heterocycles. The molecule has 1 atom stereocenters. The lowest BCUT2D eigenvalue weighted by Gasteiger charge is -2.33. The second kappa shape index (κ2) is 6.34. The maximum absolute atomic E-state index is 12.8. The summed E-state index contributed by atoms with van der Waals surface area (Å²) in [5.41, 5.74) is 0. The number of nitrogens with one attached hydrogen (secondary N) is 1. The smallest absolute Gasteiger partial charge is 0.252 e. The lowest BCUT2D eigenvalue weighted by molar-refractivity contribution is 0.0315. The Morgan fingerprint density at radius 2 is 2.24 bits per heavy atom. The van der Waals surface area contributed by atoms with E-state index in [1.165, 1.54) is 24.2 Å². The zero-order chi connectivity index (χ0) is 14.9. The predicted molar refractivity (Wildman–Crippen MR) is 83.0 cm³/mol. The van der Waals surface area contributed by atoms with Gasteiger partial charge in [-0.1, -0.05) is 6.92 Å². The van der Waals surface area contributed by atoms with Crippen LogP contribution in [0.2, 0.25) is 0 Å². The summed E-state index contributed by atoms with van der Waals surface area (Å²) < 4.78 is 33.0. The fraction of sp³-hybridized carbons (Fsp3) is 0.714. The first kappa shape index (κ1) is 15.4. The maximum Gasteiger partial charge on any atom is 0.252 e. The molecule has 1 aliphatic carbocycles. The van der Waals surface area contributed by atoms with E-state index in [1.54, 1.807) is 10.4 Å². The van der Waals surface area contributed by atoms with Crippen molar-refractivity contribution in [3.8, 4) is 0 Å². The van der Waals surface area contributed by atoms with E-state index < -0.39 is 10.0 Å². The summed E-state index contributed by atoms with van der Waals surface area (Å²) in [6.07, 6.45) is 3.26. The number of ether oxygens (including phenoxy) is 1. The van der Waals surface area contributed by atoms with E-state index in [1.807, 2.05) is 13.0 Å². The van der Waals surface area contributed by atoms with Crippen molar-refractivity contribution in [2.24, 2.45) is 0 Å². The van der Waals surface area contributed by atoms with Crippen molar-refractivity contribution in [1.29, 1.82) is 0 Å². The number of sulfonamides is 1. The zero-order valence-electron chi connectivity index (χ0n) is 12.2. The molecule has 2 heterocycles. The molecule has 0 bridgehead atoms. The van der Waals surface area contributed by atoms with Crippen LogP contribution < -0.4 is 5.32 Å². The Hall–Kier alpha value is -0.470. The predicted octanol–water partition coefficient (Wildman–Crippen LogP) is 1.80. The van der Waals surface area contributed by atoms with Gasteiger partial charge in [0, 0.05) is 30.1 Å². The van der Waals surface area contributed by atoms with E-state index in [0.717, 1.165) is 17.8 Å². The maximum atomic E-state index is 12.8. The van der Waals surface area contributed by atoms with Gasteiger partial charge in [-0.3, -0.25) is 0 Å². The molecule has 1 aromatic heterocycles. The van der Waals surface area contributed by atoms with Crippen molar-refractivity contribution in [3.05, 3.63) is 17.0 Å². The molecule has 1 aromatic rings. The first-order valence-corrected chi connectivity index (χ1v) is 9.78. The second-order valence-electron chi connectivity index (χ2n) is 5.63. The van der Waals surface area contributed by atoms with Crippen LogP contribution in [-0.4, -0.2) is 44.6 Å². The van der Waals surface area contributed by atoms with E-state index in [-0.39, 0.29) is 6.04 Å². The molecule has 118 valence electrons. The molecule has 5 nitrogen and oxygen atoms in total. The highest BCUT2D eigenvalue weighted by atomic mass is 32.2. The highest BCUT2D eigenvalue weighted by Gasteiger charge is 2.34. The first-order chi connectivity index (χ1) is 10.1. The van der Waals surface area contributed by atoms with Gasteiger partial charge in [-0.25, -0.2) is 8.42 Å². The van der Waals surface area contributed by atoms with E-state index >= 15 is 0 Å². The summed E-state index contributed by atoms with van der Waals surface area (Å²) >= 11 is 1.38. The Bertz CT molecular complexity index is 581. The molecule has 21 heavy (non-hydrogen) atoms. The first-order valence-electron chi connectivity index (χ1n) is 7.53. The van der Waals surface area contributed by atoms with Crippen molar-refractivity contribution >= 4 is 21.4 Å². The highest BCUT2D eigenvalue weighted by molar-refractivity contribution is 7.91. The lowest BCUT2D eigenvalue weighted by atomic mass is 10.2. The summed E-state index contributed by atoms with van der Waals surface area (Å²) in [6, 6.07) is 4.26. The fourth-order valence-corrected chi connectivity index (χ4v) is 5.62. The van der Waals surface area contributed by atoms with Crippen LogP contribution in [0.25, 0.3) is 0 Å². The molecule has 7 heteroatoms. The third kappa shape index (κ3) is 3.48. The third-order valence-electron chi connectivity index (χ3n) is 3.99.